The van der Waals surface area contributed by atoms with Crippen LogP contribution in [0, 0.1) is 11.6 Å². The Morgan fingerprint density at radius 2 is 1.72 bits per heavy atom. The molecule has 7 nitrogen and oxygen atoms in total. The van der Waals surface area contributed by atoms with E-state index in [-0.39, 0.29) is 23.2 Å². The van der Waals surface area contributed by atoms with Crippen LogP contribution in [-0.2, 0) is 22.5 Å². The van der Waals surface area contributed by atoms with E-state index in [1.807, 2.05) is 24.3 Å². The summed E-state index contributed by atoms with van der Waals surface area (Å²) >= 11 is 0. The summed E-state index contributed by atoms with van der Waals surface area (Å²) in [5.41, 5.74) is 1.04. The van der Waals surface area contributed by atoms with Crippen molar-refractivity contribution in [3.05, 3.63) is 81.3 Å². The zero-order chi connectivity index (χ0) is 26.4. The first kappa shape index (κ1) is 25.3. The van der Waals surface area contributed by atoms with Crippen LogP contribution in [0.25, 0.3) is 10.8 Å². The van der Waals surface area contributed by atoms with E-state index < -0.39 is 41.0 Å². The number of halogens is 2. The number of aromatic nitrogens is 1. The van der Waals surface area contributed by atoms with Gasteiger partial charge in [0.2, 0.25) is 5.91 Å². The highest BCUT2D eigenvalue weighted by Gasteiger charge is 2.39. The minimum atomic E-state index is -1.13. The number of nitrogens with zero attached hydrogens (tertiary/aromatic N) is 2. The quantitative estimate of drug-likeness (QED) is 0.569. The lowest BCUT2D eigenvalue weighted by Crippen LogP contribution is -2.54. The number of fused-ring (bicyclic) bond motifs is 2. The second-order valence-electron chi connectivity index (χ2n) is 10.1. The molecule has 0 fully saturated rings. The van der Waals surface area contributed by atoms with Gasteiger partial charge in [0.05, 0.1) is 18.0 Å². The standard InChI is InChI=1S/C27H29F2N3O4/c1-15(20-13-30-24(33)19-12-22(29)21(28)11-18(19)20)31(5)25(34)23-10-16-8-6-7-9-17(16)14-32(23)26(35)36-27(2,3)4/h6-9,11-13,15,23H,10,14H2,1-5H3,(H,30,33)/t15?,23-/m1/s1. The Morgan fingerprint density at radius 1 is 1.11 bits per heavy atom. The predicted molar refractivity (Wildman–Crippen MR) is 131 cm³/mol. The Kier molecular flexibility index (Phi) is 6.60. The normalized spacial score (nSPS) is 16.4. The summed E-state index contributed by atoms with van der Waals surface area (Å²) in [6, 6.07) is 7.97. The highest BCUT2D eigenvalue weighted by Crippen LogP contribution is 2.31. The summed E-state index contributed by atoms with van der Waals surface area (Å²) in [7, 11) is 1.58. The Balaban J connectivity index is 1.70. The minimum absolute atomic E-state index is 0.0129. The summed E-state index contributed by atoms with van der Waals surface area (Å²) in [6.45, 7) is 7.22. The Bertz CT molecular complexity index is 1400. The SMILES string of the molecule is CC(c1c[nH]c(=O)c2cc(F)c(F)cc12)N(C)C(=O)[C@H]1Cc2ccccc2CN1C(=O)OC(C)(C)C. The zero-order valence-corrected chi connectivity index (χ0v) is 20.9. The van der Waals surface area contributed by atoms with Crippen molar-refractivity contribution in [2.45, 2.75) is 58.3 Å². The topological polar surface area (TPSA) is 82.7 Å². The number of nitrogens with one attached hydrogen (secondary N) is 1. The fourth-order valence-electron chi connectivity index (χ4n) is 4.51. The van der Waals surface area contributed by atoms with Crippen molar-refractivity contribution >= 4 is 22.8 Å². The van der Waals surface area contributed by atoms with Gasteiger partial charge in [-0.1, -0.05) is 24.3 Å². The van der Waals surface area contributed by atoms with E-state index >= 15 is 0 Å². The van der Waals surface area contributed by atoms with Crippen molar-refractivity contribution < 1.29 is 23.1 Å². The molecule has 3 aromatic rings. The molecule has 0 aliphatic carbocycles. The number of H-pyrrole nitrogens is 1. The number of ether oxygens (including phenoxy) is 1. The predicted octanol–water partition coefficient (Wildman–Crippen LogP) is 4.69. The molecular weight excluding hydrogens is 468 g/mol. The van der Waals surface area contributed by atoms with E-state index in [4.69, 9.17) is 4.74 Å². The van der Waals surface area contributed by atoms with E-state index in [9.17, 15) is 23.2 Å². The Labute approximate surface area is 207 Å². The number of amides is 2. The average molecular weight is 498 g/mol. The smallest absolute Gasteiger partial charge is 0.411 e. The van der Waals surface area contributed by atoms with Gasteiger partial charge >= 0.3 is 6.09 Å². The Hall–Kier alpha value is -3.75. The van der Waals surface area contributed by atoms with Gasteiger partial charge in [-0.15, -0.1) is 0 Å². The van der Waals surface area contributed by atoms with E-state index in [1.165, 1.54) is 16.0 Å². The number of rotatable bonds is 3. The molecular formula is C27H29F2N3O4. The van der Waals surface area contributed by atoms with Gasteiger partial charge in [0, 0.05) is 19.7 Å². The van der Waals surface area contributed by atoms with Gasteiger partial charge in [0.1, 0.15) is 11.6 Å². The highest BCUT2D eigenvalue weighted by atomic mass is 19.2. The second-order valence-corrected chi connectivity index (χ2v) is 10.1. The van der Waals surface area contributed by atoms with E-state index in [0.29, 0.717) is 12.0 Å². The third-order valence-electron chi connectivity index (χ3n) is 6.52. The number of likely N-dealkylation sites (N-methyl/N-ethyl adjacent to an activating group) is 1. The molecule has 1 unspecified atom stereocenters. The van der Waals surface area contributed by atoms with Gasteiger partial charge in [-0.3, -0.25) is 14.5 Å². The number of carbonyl (C=O) groups excluding carboxylic acids is 2. The fourth-order valence-corrected chi connectivity index (χ4v) is 4.51. The number of benzene rings is 2. The summed E-state index contributed by atoms with van der Waals surface area (Å²) in [5, 5.41) is 0.198. The lowest BCUT2D eigenvalue weighted by molar-refractivity contribution is -0.138. The van der Waals surface area contributed by atoms with Gasteiger partial charge in [-0.05, 0) is 61.9 Å². The monoisotopic (exact) mass is 497 g/mol. The molecule has 2 heterocycles. The molecule has 4 rings (SSSR count). The maximum atomic E-state index is 14.1. The van der Waals surface area contributed by atoms with Gasteiger partial charge in [0.25, 0.3) is 5.56 Å². The average Bonchev–Trinajstić information content (AvgIpc) is 2.82. The van der Waals surface area contributed by atoms with Gasteiger partial charge in [0.15, 0.2) is 11.6 Å². The third kappa shape index (κ3) is 4.82. The molecule has 9 heteroatoms. The van der Waals surface area contributed by atoms with Crippen LogP contribution < -0.4 is 5.56 Å². The van der Waals surface area contributed by atoms with Crippen LogP contribution in [0.3, 0.4) is 0 Å². The van der Waals surface area contributed by atoms with Crippen molar-refractivity contribution in [1.29, 1.82) is 0 Å². The molecule has 1 N–H and O–H groups in total. The van der Waals surface area contributed by atoms with Crippen molar-refractivity contribution in [3.63, 3.8) is 0 Å². The van der Waals surface area contributed by atoms with Crippen LogP contribution in [0.5, 0.6) is 0 Å². The van der Waals surface area contributed by atoms with Crippen LogP contribution in [0.15, 0.2) is 47.4 Å². The highest BCUT2D eigenvalue weighted by molar-refractivity contribution is 5.89. The van der Waals surface area contributed by atoms with Gasteiger partial charge in [-0.25, -0.2) is 13.6 Å². The molecule has 1 aromatic heterocycles. The summed E-state index contributed by atoms with van der Waals surface area (Å²) < 4.78 is 33.5. The zero-order valence-electron chi connectivity index (χ0n) is 20.9. The molecule has 0 saturated carbocycles. The minimum Gasteiger partial charge on any atom is -0.444 e. The van der Waals surface area contributed by atoms with Gasteiger partial charge in [-0.2, -0.15) is 0 Å². The Morgan fingerprint density at radius 3 is 2.36 bits per heavy atom. The molecule has 0 radical (unpaired) electrons. The summed E-state index contributed by atoms with van der Waals surface area (Å²) in [5.74, 6) is -2.56. The first-order valence-corrected chi connectivity index (χ1v) is 11.7. The van der Waals surface area contributed by atoms with Crippen molar-refractivity contribution in [1.82, 2.24) is 14.8 Å². The molecule has 2 amide bonds. The third-order valence-corrected chi connectivity index (χ3v) is 6.52. The molecule has 0 spiro atoms. The van der Waals surface area contributed by atoms with Crippen molar-refractivity contribution in [2.75, 3.05) is 7.05 Å². The lowest BCUT2D eigenvalue weighted by atomic mass is 9.93. The largest absolute Gasteiger partial charge is 0.444 e. The first-order valence-electron chi connectivity index (χ1n) is 11.7. The van der Waals surface area contributed by atoms with Crippen LogP contribution in [0.2, 0.25) is 0 Å². The number of aromatic amines is 1. The molecule has 190 valence electrons. The maximum Gasteiger partial charge on any atom is 0.411 e. The van der Waals surface area contributed by atoms with E-state index in [0.717, 1.165) is 23.3 Å². The fraction of sp³-hybridized carbons (Fsp3) is 0.370. The first-order chi connectivity index (χ1) is 16.9. The maximum absolute atomic E-state index is 14.1. The van der Waals surface area contributed by atoms with E-state index in [2.05, 4.69) is 4.98 Å². The summed E-state index contributed by atoms with van der Waals surface area (Å²) in [6.07, 6.45) is 1.11. The van der Waals surface area contributed by atoms with Crippen LogP contribution in [0.4, 0.5) is 13.6 Å². The van der Waals surface area contributed by atoms with Crippen LogP contribution in [-0.4, -0.2) is 45.5 Å². The van der Waals surface area contributed by atoms with Crippen molar-refractivity contribution in [3.8, 4) is 0 Å². The number of hydrogen-bond donors (Lipinski definition) is 1. The second kappa shape index (κ2) is 9.37. The van der Waals surface area contributed by atoms with Crippen LogP contribution in [0.1, 0.15) is 50.4 Å². The number of pyridine rings is 1. The molecule has 0 saturated heterocycles. The molecule has 1 aliphatic heterocycles. The summed E-state index contributed by atoms with van der Waals surface area (Å²) in [4.78, 5) is 44.6. The molecule has 36 heavy (non-hydrogen) atoms. The van der Waals surface area contributed by atoms with Gasteiger partial charge < -0.3 is 14.6 Å². The van der Waals surface area contributed by atoms with Crippen LogP contribution >= 0.6 is 0 Å². The molecule has 1 aliphatic rings. The van der Waals surface area contributed by atoms with Crippen molar-refractivity contribution in [2.24, 2.45) is 0 Å². The van der Waals surface area contributed by atoms with E-state index in [1.54, 1.807) is 34.7 Å². The molecule has 2 atom stereocenters. The molecule has 2 aromatic carbocycles. The number of carbonyl (C=O) groups is 2. The molecule has 0 bridgehead atoms. The lowest BCUT2D eigenvalue weighted by Gasteiger charge is -2.39. The number of hydrogen-bond acceptors (Lipinski definition) is 4.